The van der Waals surface area contributed by atoms with Crippen molar-refractivity contribution in [3.05, 3.63) is 40.1 Å². The van der Waals surface area contributed by atoms with Crippen LogP contribution in [0.4, 0.5) is 0 Å². The molecule has 1 aliphatic heterocycles. The van der Waals surface area contributed by atoms with Crippen LogP contribution in [0.2, 0.25) is 5.02 Å². The molecule has 1 aliphatic rings. The van der Waals surface area contributed by atoms with Gasteiger partial charge in [0, 0.05) is 16.3 Å². The van der Waals surface area contributed by atoms with Crippen LogP contribution in [-0.2, 0) is 9.53 Å². The molecule has 0 aliphatic carbocycles. The van der Waals surface area contributed by atoms with Crippen molar-refractivity contribution in [2.45, 2.75) is 46.6 Å². The highest BCUT2D eigenvalue weighted by Gasteiger charge is 2.48. The molecule has 1 aromatic rings. The first-order chi connectivity index (χ1) is 12.2. The Kier molecular flexibility index (Phi) is 7.48. The Morgan fingerprint density at radius 1 is 1.35 bits per heavy atom. The monoisotopic (exact) mass is 429 g/mol. The molecule has 0 unspecified atom stereocenters. The first-order valence-electron chi connectivity index (χ1n) is 8.57. The molecule has 0 aromatic heterocycles. The number of carbonyl (C=O) groups excluding carboxylic acids is 1. The van der Waals surface area contributed by atoms with Gasteiger partial charge in [0.05, 0.1) is 5.57 Å². The quantitative estimate of drug-likeness (QED) is 0.403. The van der Waals surface area contributed by atoms with E-state index in [9.17, 15) is 4.79 Å². The summed E-state index contributed by atoms with van der Waals surface area (Å²) in [6.07, 6.45) is 0.978. The lowest BCUT2D eigenvalue weighted by atomic mass is 9.98. The maximum absolute atomic E-state index is 13.3. The highest BCUT2D eigenvalue weighted by molar-refractivity contribution is 8.22. The summed E-state index contributed by atoms with van der Waals surface area (Å²) in [7, 11) is 0. The van der Waals surface area contributed by atoms with Gasteiger partial charge in [-0.2, -0.15) is 0 Å². The normalized spacial score (nSPS) is 16.4. The molecule has 0 bridgehead atoms. The number of thiocarbonyl (C=S) groups is 1. The molecular weight excluding hydrogens is 406 g/mol. The number of hydrogen-bond donors (Lipinski definition) is 0. The molecule has 1 aromatic carbocycles. The molecule has 2 rings (SSSR count). The second-order valence-electron chi connectivity index (χ2n) is 6.46. The topological polar surface area (TPSA) is 29.5 Å². The zero-order chi connectivity index (χ0) is 19.5. The van der Waals surface area contributed by atoms with Crippen molar-refractivity contribution in [1.82, 2.24) is 4.31 Å². The van der Waals surface area contributed by atoms with Crippen molar-refractivity contribution in [3.63, 3.8) is 0 Å². The number of hydrogen-bond acceptors (Lipinski definition) is 5. The Balaban J connectivity index is 2.57. The van der Waals surface area contributed by atoms with Crippen molar-refractivity contribution < 1.29 is 9.53 Å². The lowest BCUT2D eigenvalue weighted by Crippen LogP contribution is -2.39. The summed E-state index contributed by atoms with van der Waals surface area (Å²) in [5.41, 5.74) is 1.62. The summed E-state index contributed by atoms with van der Waals surface area (Å²) in [6.45, 7) is 10.0. The van der Waals surface area contributed by atoms with E-state index in [0.29, 0.717) is 26.3 Å². The zero-order valence-corrected chi connectivity index (χ0v) is 18.9. The minimum Gasteiger partial charge on any atom is -0.441 e. The minimum absolute atomic E-state index is 0.0847. The summed E-state index contributed by atoms with van der Waals surface area (Å²) in [4.78, 5) is 13.3. The Hall–Kier alpha value is -0.690. The second kappa shape index (κ2) is 9.00. The smallest absolute Gasteiger partial charge is 0.268 e. The predicted molar refractivity (Wildman–Crippen MR) is 119 cm³/mol. The Morgan fingerprint density at radius 3 is 2.62 bits per heavy atom. The van der Waals surface area contributed by atoms with Gasteiger partial charge in [-0.25, -0.2) is 0 Å². The molecule has 142 valence electrons. The molecule has 3 nitrogen and oxygen atoms in total. The fourth-order valence-corrected chi connectivity index (χ4v) is 4.84. The average Bonchev–Trinajstić information content (AvgIpc) is 2.73. The van der Waals surface area contributed by atoms with Gasteiger partial charge in [-0.3, -0.25) is 9.10 Å². The van der Waals surface area contributed by atoms with Crippen LogP contribution >= 0.6 is 47.5 Å². The van der Waals surface area contributed by atoms with Gasteiger partial charge in [-0.05, 0) is 68.7 Å². The fourth-order valence-electron chi connectivity index (χ4n) is 2.72. The van der Waals surface area contributed by atoms with Crippen LogP contribution in [0.1, 0.15) is 45.2 Å². The Labute approximate surface area is 175 Å². The zero-order valence-electron chi connectivity index (χ0n) is 15.7. The summed E-state index contributed by atoms with van der Waals surface area (Å²) in [5, 5.41) is 0.543. The lowest BCUT2D eigenvalue weighted by molar-refractivity contribution is -0.121. The molecule has 0 atom stereocenters. The number of amides is 1. The molecule has 7 heteroatoms. The standard InChI is InChI=1S/C19H24ClNO2S3/c1-6-10-26-21-17(22)15(13-9-8-12(3)11-14(13)20)16(19(21,4)5)23-18(24)25-7-2/h8-9,11H,6-7,10H2,1-5H3. The molecular formula is C19H24ClNO2S3. The predicted octanol–water partition coefficient (Wildman–Crippen LogP) is 6.09. The number of thioether (sulfide) groups is 1. The van der Waals surface area contributed by atoms with Crippen LogP contribution in [0, 0.1) is 6.92 Å². The number of rotatable bonds is 6. The van der Waals surface area contributed by atoms with Gasteiger partial charge < -0.3 is 4.74 Å². The summed E-state index contributed by atoms with van der Waals surface area (Å²) in [5.74, 6) is 2.15. The summed E-state index contributed by atoms with van der Waals surface area (Å²) < 4.78 is 8.25. The van der Waals surface area contributed by atoms with E-state index >= 15 is 0 Å². The van der Waals surface area contributed by atoms with Gasteiger partial charge in [-0.15, -0.1) is 0 Å². The average molecular weight is 430 g/mol. The van der Waals surface area contributed by atoms with Crippen molar-refractivity contribution in [2.24, 2.45) is 0 Å². The molecule has 26 heavy (non-hydrogen) atoms. The van der Waals surface area contributed by atoms with E-state index < -0.39 is 5.54 Å². The SMILES string of the molecule is CCCSN1C(=O)C(c2ccc(C)cc2Cl)=C(OC(=S)SCC)C1(C)C. The van der Waals surface area contributed by atoms with Crippen molar-refractivity contribution >= 4 is 63.4 Å². The number of ether oxygens (including phenoxy) is 1. The first-order valence-corrected chi connectivity index (χ1v) is 11.3. The maximum Gasteiger partial charge on any atom is 0.268 e. The number of aryl methyl sites for hydroxylation is 1. The maximum atomic E-state index is 13.3. The number of benzene rings is 1. The molecule has 1 heterocycles. The van der Waals surface area contributed by atoms with Crippen LogP contribution in [0.25, 0.3) is 5.57 Å². The second-order valence-corrected chi connectivity index (χ2v) is 9.77. The minimum atomic E-state index is -0.612. The van der Waals surface area contributed by atoms with Gasteiger partial charge in [0.2, 0.25) is 4.38 Å². The third kappa shape index (κ3) is 4.41. The van der Waals surface area contributed by atoms with E-state index in [4.69, 9.17) is 28.6 Å². The van der Waals surface area contributed by atoms with E-state index in [1.807, 2.05) is 45.9 Å². The molecule has 0 saturated carbocycles. The number of carbonyl (C=O) groups is 1. The number of halogens is 1. The van der Waals surface area contributed by atoms with E-state index in [0.717, 1.165) is 23.5 Å². The molecule has 0 N–H and O–H groups in total. The Morgan fingerprint density at radius 2 is 2.04 bits per heavy atom. The molecule has 1 amide bonds. The van der Waals surface area contributed by atoms with E-state index in [-0.39, 0.29) is 5.91 Å². The van der Waals surface area contributed by atoms with Crippen LogP contribution in [0.5, 0.6) is 0 Å². The van der Waals surface area contributed by atoms with Gasteiger partial charge in [0.25, 0.3) is 5.91 Å². The van der Waals surface area contributed by atoms with Gasteiger partial charge in [-0.1, -0.05) is 49.3 Å². The third-order valence-corrected chi connectivity index (χ3v) is 6.78. The highest BCUT2D eigenvalue weighted by atomic mass is 35.5. The van der Waals surface area contributed by atoms with E-state index in [1.54, 1.807) is 4.31 Å². The highest BCUT2D eigenvalue weighted by Crippen LogP contribution is 2.46. The fraction of sp³-hybridized carbons (Fsp3) is 0.474. The molecule has 0 radical (unpaired) electrons. The van der Waals surface area contributed by atoms with Gasteiger partial charge in [0.15, 0.2) is 0 Å². The lowest BCUT2D eigenvalue weighted by Gasteiger charge is -2.32. The van der Waals surface area contributed by atoms with E-state index in [2.05, 4.69) is 6.92 Å². The van der Waals surface area contributed by atoms with E-state index in [1.165, 1.54) is 23.7 Å². The van der Waals surface area contributed by atoms with Gasteiger partial charge in [0.1, 0.15) is 11.3 Å². The van der Waals surface area contributed by atoms with Crippen LogP contribution in [0.3, 0.4) is 0 Å². The summed E-state index contributed by atoms with van der Waals surface area (Å²) in [6, 6.07) is 5.70. The Bertz CT molecular complexity index is 746. The van der Waals surface area contributed by atoms with Crippen LogP contribution < -0.4 is 0 Å². The van der Waals surface area contributed by atoms with Crippen molar-refractivity contribution in [2.75, 3.05) is 11.5 Å². The summed E-state index contributed by atoms with van der Waals surface area (Å²) >= 11 is 14.8. The number of nitrogens with zero attached hydrogens (tertiary/aromatic N) is 1. The molecule has 0 spiro atoms. The third-order valence-electron chi connectivity index (χ3n) is 3.95. The molecule has 0 fully saturated rings. The van der Waals surface area contributed by atoms with Crippen LogP contribution in [0.15, 0.2) is 24.0 Å². The van der Waals surface area contributed by atoms with Crippen molar-refractivity contribution in [3.8, 4) is 0 Å². The first kappa shape index (κ1) is 21.6. The van der Waals surface area contributed by atoms with Crippen LogP contribution in [-0.4, -0.2) is 31.6 Å². The van der Waals surface area contributed by atoms with Gasteiger partial charge >= 0.3 is 0 Å². The largest absolute Gasteiger partial charge is 0.441 e. The van der Waals surface area contributed by atoms with Crippen molar-refractivity contribution in [1.29, 1.82) is 0 Å². The molecule has 0 saturated heterocycles.